The molecule has 0 aliphatic heterocycles. The van der Waals surface area contributed by atoms with E-state index >= 15 is 0 Å². The molecule has 0 atom stereocenters. The van der Waals surface area contributed by atoms with Crippen LogP contribution in [-0.2, 0) is 17.8 Å². The van der Waals surface area contributed by atoms with Gasteiger partial charge in [0, 0.05) is 23.4 Å². The molecular formula is C26H21ClO5. The summed E-state index contributed by atoms with van der Waals surface area (Å²) >= 11 is 6.47. The summed E-state index contributed by atoms with van der Waals surface area (Å²) < 4.78 is 16.2. The molecule has 0 aliphatic rings. The first-order chi connectivity index (χ1) is 15.5. The van der Waals surface area contributed by atoms with E-state index in [0.29, 0.717) is 33.9 Å². The number of aryl methyl sites for hydroxylation is 1. The van der Waals surface area contributed by atoms with Gasteiger partial charge in [-0.1, -0.05) is 54.1 Å². The SMILES string of the molecule is COC(=O)c1ccc(COc2cc3oc(=O)c(Cc4ccccc4)c(C)c3cc2Cl)cc1. The van der Waals surface area contributed by atoms with Crippen LogP contribution in [0.4, 0.5) is 0 Å². The van der Waals surface area contributed by atoms with Crippen molar-refractivity contribution in [3.8, 4) is 5.75 Å². The fourth-order valence-corrected chi connectivity index (χ4v) is 3.74. The molecule has 0 saturated carbocycles. The van der Waals surface area contributed by atoms with E-state index in [1.807, 2.05) is 37.3 Å². The van der Waals surface area contributed by atoms with Crippen LogP contribution < -0.4 is 10.4 Å². The topological polar surface area (TPSA) is 65.7 Å². The highest BCUT2D eigenvalue weighted by atomic mass is 35.5. The van der Waals surface area contributed by atoms with E-state index in [9.17, 15) is 9.59 Å². The van der Waals surface area contributed by atoms with Gasteiger partial charge < -0.3 is 13.9 Å². The van der Waals surface area contributed by atoms with E-state index in [1.165, 1.54) is 7.11 Å². The summed E-state index contributed by atoms with van der Waals surface area (Å²) in [5.74, 6) is 0.0154. The van der Waals surface area contributed by atoms with Crippen LogP contribution in [0, 0.1) is 6.92 Å². The second-order valence-corrected chi connectivity index (χ2v) is 7.82. The van der Waals surface area contributed by atoms with Gasteiger partial charge in [-0.2, -0.15) is 0 Å². The standard InChI is InChI=1S/C26H21ClO5/c1-16-20-13-22(27)24(31-15-18-8-10-19(11-9-18)25(28)30-2)14-23(20)32-26(29)21(16)12-17-6-4-3-5-7-17/h3-11,13-14H,12,15H2,1-2H3. The third-order valence-electron chi connectivity index (χ3n) is 5.33. The van der Waals surface area contributed by atoms with Crippen molar-refractivity contribution in [1.82, 2.24) is 0 Å². The van der Waals surface area contributed by atoms with E-state index in [-0.39, 0.29) is 12.2 Å². The van der Waals surface area contributed by atoms with Crippen LogP contribution >= 0.6 is 11.6 Å². The molecule has 0 spiro atoms. The van der Waals surface area contributed by atoms with Crippen molar-refractivity contribution in [2.45, 2.75) is 20.0 Å². The van der Waals surface area contributed by atoms with Gasteiger partial charge in [0.25, 0.3) is 0 Å². The van der Waals surface area contributed by atoms with Crippen LogP contribution in [0.15, 0.2) is 75.9 Å². The summed E-state index contributed by atoms with van der Waals surface area (Å²) in [4.78, 5) is 24.2. The maximum absolute atomic E-state index is 12.7. The molecule has 32 heavy (non-hydrogen) atoms. The Morgan fingerprint density at radius 1 is 1.00 bits per heavy atom. The fourth-order valence-electron chi connectivity index (χ4n) is 3.52. The second-order valence-electron chi connectivity index (χ2n) is 7.41. The molecule has 0 fully saturated rings. The molecule has 0 radical (unpaired) electrons. The molecule has 162 valence electrons. The minimum atomic E-state index is -0.396. The molecule has 4 rings (SSSR count). The van der Waals surface area contributed by atoms with Crippen LogP contribution in [-0.4, -0.2) is 13.1 Å². The summed E-state index contributed by atoms with van der Waals surface area (Å²) in [7, 11) is 1.34. The van der Waals surface area contributed by atoms with Crippen molar-refractivity contribution in [3.05, 3.63) is 110 Å². The molecule has 0 N–H and O–H groups in total. The van der Waals surface area contributed by atoms with Gasteiger partial charge in [0.1, 0.15) is 17.9 Å². The number of benzene rings is 3. The number of fused-ring (bicyclic) bond motifs is 1. The minimum Gasteiger partial charge on any atom is -0.487 e. The lowest BCUT2D eigenvalue weighted by molar-refractivity contribution is 0.0600. The molecule has 1 aromatic heterocycles. The Hall–Kier alpha value is -3.57. The third-order valence-corrected chi connectivity index (χ3v) is 5.63. The first kappa shape index (κ1) is 21.7. The van der Waals surface area contributed by atoms with Crippen LogP contribution in [0.1, 0.15) is 32.6 Å². The number of hydrogen-bond donors (Lipinski definition) is 0. The highest BCUT2D eigenvalue weighted by Crippen LogP contribution is 2.32. The highest BCUT2D eigenvalue weighted by molar-refractivity contribution is 6.32. The highest BCUT2D eigenvalue weighted by Gasteiger charge is 2.15. The molecular weight excluding hydrogens is 428 g/mol. The Labute approximate surface area is 190 Å². The number of methoxy groups -OCH3 is 1. The van der Waals surface area contributed by atoms with Crippen molar-refractivity contribution < 1.29 is 18.7 Å². The molecule has 4 aromatic rings. The van der Waals surface area contributed by atoms with Gasteiger partial charge in [-0.3, -0.25) is 0 Å². The maximum Gasteiger partial charge on any atom is 0.340 e. The van der Waals surface area contributed by atoms with Gasteiger partial charge in [0.05, 0.1) is 17.7 Å². The predicted molar refractivity (Wildman–Crippen MR) is 124 cm³/mol. The lowest BCUT2D eigenvalue weighted by Crippen LogP contribution is -2.11. The largest absolute Gasteiger partial charge is 0.487 e. The number of ether oxygens (including phenoxy) is 2. The second kappa shape index (κ2) is 9.28. The number of carbonyl (C=O) groups excluding carboxylic acids is 1. The first-order valence-corrected chi connectivity index (χ1v) is 10.4. The zero-order valence-corrected chi connectivity index (χ0v) is 18.4. The Kier molecular flexibility index (Phi) is 6.28. The van der Waals surface area contributed by atoms with Gasteiger partial charge in [0.2, 0.25) is 0 Å². The van der Waals surface area contributed by atoms with E-state index < -0.39 is 5.97 Å². The summed E-state index contributed by atoms with van der Waals surface area (Å²) in [6, 6.07) is 20.1. The molecule has 0 amide bonds. The number of rotatable bonds is 6. The zero-order valence-electron chi connectivity index (χ0n) is 17.7. The van der Waals surface area contributed by atoms with Gasteiger partial charge in [-0.15, -0.1) is 0 Å². The molecule has 5 nitrogen and oxygen atoms in total. The monoisotopic (exact) mass is 448 g/mol. The van der Waals surface area contributed by atoms with Crippen molar-refractivity contribution in [2.24, 2.45) is 0 Å². The minimum absolute atomic E-state index is 0.238. The van der Waals surface area contributed by atoms with Crippen molar-refractivity contribution >= 4 is 28.5 Å². The molecule has 0 saturated heterocycles. The van der Waals surface area contributed by atoms with Crippen LogP contribution in [0.25, 0.3) is 11.0 Å². The van der Waals surface area contributed by atoms with Gasteiger partial charge >= 0.3 is 11.6 Å². The summed E-state index contributed by atoms with van der Waals surface area (Å²) in [5, 5.41) is 1.20. The Morgan fingerprint density at radius 3 is 2.41 bits per heavy atom. The molecule has 0 aliphatic carbocycles. The number of carbonyl (C=O) groups is 1. The Bertz CT molecular complexity index is 1320. The lowest BCUT2D eigenvalue weighted by atomic mass is 9.99. The van der Waals surface area contributed by atoms with Crippen LogP contribution in [0.5, 0.6) is 5.75 Å². The van der Waals surface area contributed by atoms with Crippen molar-refractivity contribution in [1.29, 1.82) is 0 Å². The number of halogens is 1. The van der Waals surface area contributed by atoms with Crippen LogP contribution in [0.3, 0.4) is 0 Å². The Morgan fingerprint density at radius 2 is 1.72 bits per heavy atom. The van der Waals surface area contributed by atoms with Crippen molar-refractivity contribution in [2.75, 3.05) is 7.11 Å². The van der Waals surface area contributed by atoms with Crippen LogP contribution in [0.2, 0.25) is 5.02 Å². The number of hydrogen-bond acceptors (Lipinski definition) is 5. The van der Waals surface area contributed by atoms with E-state index in [2.05, 4.69) is 0 Å². The summed E-state index contributed by atoms with van der Waals surface area (Å²) in [5.41, 5.74) is 3.85. The zero-order chi connectivity index (χ0) is 22.7. The first-order valence-electron chi connectivity index (χ1n) is 10.1. The van der Waals surface area contributed by atoms with E-state index in [4.69, 9.17) is 25.5 Å². The Balaban J connectivity index is 1.59. The predicted octanol–water partition coefficient (Wildman–Crippen LogP) is 5.71. The molecule has 6 heteroatoms. The average molecular weight is 449 g/mol. The number of esters is 1. The van der Waals surface area contributed by atoms with Gasteiger partial charge in [-0.05, 0) is 41.8 Å². The molecule has 1 heterocycles. The average Bonchev–Trinajstić information content (AvgIpc) is 2.81. The van der Waals surface area contributed by atoms with E-state index in [0.717, 1.165) is 22.1 Å². The van der Waals surface area contributed by atoms with E-state index in [1.54, 1.807) is 36.4 Å². The molecule has 0 unspecified atom stereocenters. The van der Waals surface area contributed by atoms with Crippen molar-refractivity contribution in [3.63, 3.8) is 0 Å². The lowest BCUT2D eigenvalue weighted by Gasteiger charge is -2.12. The summed E-state index contributed by atoms with van der Waals surface area (Å²) in [6.07, 6.45) is 0.488. The van der Waals surface area contributed by atoms with Gasteiger partial charge in [0.15, 0.2) is 0 Å². The molecule has 3 aromatic carbocycles. The summed E-state index contributed by atoms with van der Waals surface area (Å²) in [6.45, 7) is 2.14. The smallest absolute Gasteiger partial charge is 0.340 e. The maximum atomic E-state index is 12.7. The fraction of sp³-hybridized carbons (Fsp3) is 0.154. The third kappa shape index (κ3) is 4.53. The quantitative estimate of drug-likeness (QED) is 0.279. The molecule has 0 bridgehead atoms. The van der Waals surface area contributed by atoms with Gasteiger partial charge in [-0.25, -0.2) is 9.59 Å². The normalized spacial score (nSPS) is 10.8.